The van der Waals surface area contributed by atoms with Crippen LogP contribution in [0.15, 0.2) is 9.98 Å². The summed E-state index contributed by atoms with van der Waals surface area (Å²) in [5.74, 6) is 0. The molecule has 0 amide bonds. The van der Waals surface area contributed by atoms with Gasteiger partial charge in [-0.05, 0) is 28.8 Å². The molecular weight excluding hydrogens is 326 g/mol. The van der Waals surface area contributed by atoms with Gasteiger partial charge in [0, 0.05) is 19.1 Å². The molecule has 1 saturated heterocycles. The Morgan fingerprint density at radius 1 is 1.53 bits per heavy atom. The minimum absolute atomic E-state index is 0.311. The minimum Gasteiger partial charge on any atom is -0.359 e. The van der Waals surface area contributed by atoms with Crippen molar-refractivity contribution in [1.82, 2.24) is 9.29 Å². The zero-order valence-electron chi connectivity index (χ0n) is 9.39. The Kier molecular flexibility index (Phi) is 4.06. The van der Waals surface area contributed by atoms with Gasteiger partial charge in [0.25, 0.3) is 0 Å². The number of piperidine rings is 1. The second-order valence-electron chi connectivity index (χ2n) is 4.05. The molecule has 0 spiro atoms. The number of sulfonamides is 1. The molecule has 1 aliphatic heterocycles. The average Bonchev–Trinajstić information content (AvgIpc) is 2.63. The molecular formula is C9H14BrN3O2S2. The van der Waals surface area contributed by atoms with Gasteiger partial charge in [0.05, 0.1) is 16.2 Å². The molecule has 8 heteroatoms. The molecule has 0 aromatic carbocycles. The van der Waals surface area contributed by atoms with Gasteiger partial charge in [0.1, 0.15) is 0 Å². The number of anilines is 1. The van der Waals surface area contributed by atoms with Crippen molar-refractivity contribution in [3.05, 3.63) is 9.98 Å². The highest BCUT2D eigenvalue weighted by Crippen LogP contribution is 2.25. The van der Waals surface area contributed by atoms with E-state index in [1.165, 1.54) is 10.6 Å². The number of hydrogen-bond acceptors (Lipinski definition) is 5. The van der Waals surface area contributed by atoms with Crippen LogP contribution in [0.2, 0.25) is 0 Å². The summed E-state index contributed by atoms with van der Waals surface area (Å²) in [7, 11) is -3.03. The van der Waals surface area contributed by atoms with Crippen molar-refractivity contribution in [2.24, 2.45) is 0 Å². The van der Waals surface area contributed by atoms with Gasteiger partial charge in [0.2, 0.25) is 10.0 Å². The van der Waals surface area contributed by atoms with Crippen LogP contribution in [0.4, 0.5) is 5.13 Å². The lowest BCUT2D eigenvalue weighted by Gasteiger charge is -2.30. The lowest BCUT2D eigenvalue weighted by atomic mass is 10.1. The smallest absolute Gasteiger partial charge is 0.211 e. The summed E-state index contributed by atoms with van der Waals surface area (Å²) >= 11 is 4.91. The maximum atomic E-state index is 11.3. The summed E-state index contributed by atoms with van der Waals surface area (Å²) in [4.78, 5) is 4.21. The van der Waals surface area contributed by atoms with Gasteiger partial charge in [-0.3, -0.25) is 0 Å². The molecule has 1 aromatic heterocycles. The molecule has 1 aromatic rings. The van der Waals surface area contributed by atoms with Crippen molar-refractivity contribution in [2.45, 2.75) is 18.9 Å². The average molecular weight is 340 g/mol. The Balaban J connectivity index is 1.87. The molecule has 1 aliphatic rings. The van der Waals surface area contributed by atoms with Crippen LogP contribution < -0.4 is 5.32 Å². The minimum atomic E-state index is -3.03. The van der Waals surface area contributed by atoms with E-state index >= 15 is 0 Å². The van der Waals surface area contributed by atoms with Crippen molar-refractivity contribution < 1.29 is 8.42 Å². The number of aromatic nitrogens is 1. The Morgan fingerprint density at radius 2 is 2.18 bits per heavy atom. The zero-order chi connectivity index (χ0) is 12.5. The summed E-state index contributed by atoms with van der Waals surface area (Å²) in [6, 6.07) is 0.311. The van der Waals surface area contributed by atoms with Crippen LogP contribution >= 0.6 is 27.3 Å². The van der Waals surface area contributed by atoms with E-state index in [-0.39, 0.29) is 0 Å². The van der Waals surface area contributed by atoms with Crippen molar-refractivity contribution in [2.75, 3.05) is 24.7 Å². The highest BCUT2D eigenvalue weighted by atomic mass is 79.9. The van der Waals surface area contributed by atoms with Gasteiger partial charge in [-0.2, -0.15) is 0 Å². The first kappa shape index (κ1) is 13.3. The molecule has 2 heterocycles. The van der Waals surface area contributed by atoms with E-state index in [0.717, 1.165) is 21.8 Å². The fraction of sp³-hybridized carbons (Fsp3) is 0.667. The van der Waals surface area contributed by atoms with Crippen LogP contribution in [0.3, 0.4) is 0 Å². The van der Waals surface area contributed by atoms with E-state index in [1.54, 1.807) is 17.5 Å². The molecule has 0 radical (unpaired) electrons. The maximum absolute atomic E-state index is 11.3. The van der Waals surface area contributed by atoms with Crippen LogP contribution in [-0.4, -0.2) is 43.1 Å². The number of hydrogen-bond donors (Lipinski definition) is 1. The predicted octanol–water partition coefficient (Wildman–Crippen LogP) is 1.74. The Bertz CT molecular complexity index is 480. The van der Waals surface area contributed by atoms with E-state index in [0.29, 0.717) is 19.1 Å². The SMILES string of the molecule is CS(=O)(=O)N1CCC(Nc2ncc(Br)s2)CC1. The van der Waals surface area contributed by atoms with Crippen LogP contribution in [0, 0.1) is 0 Å². The van der Waals surface area contributed by atoms with Crippen molar-refractivity contribution in [3.63, 3.8) is 0 Å². The van der Waals surface area contributed by atoms with E-state index in [9.17, 15) is 8.42 Å². The van der Waals surface area contributed by atoms with Crippen molar-refractivity contribution in [1.29, 1.82) is 0 Å². The van der Waals surface area contributed by atoms with Gasteiger partial charge >= 0.3 is 0 Å². The summed E-state index contributed by atoms with van der Waals surface area (Å²) in [5.41, 5.74) is 0. The molecule has 0 unspecified atom stereocenters. The molecule has 1 fully saturated rings. The van der Waals surface area contributed by atoms with Crippen LogP contribution in [-0.2, 0) is 10.0 Å². The maximum Gasteiger partial charge on any atom is 0.211 e. The fourth-order valence-electron chi connectivity index (χ4n) is 1.83. The highest BCUT2D eigenvalue weighted by Gasteiger charge is 2.25. The second kappa shape index (κ2) is 5.21. The molecule has 0 atom stereocenters. The summed E-state index contributed by atoms with van der Waals surface area (Å²) in [6.45, 7) is 1.17. The summed E-state index contributed by atoms with van der Waals surface area (Å²) in [5, 5.41) is 4.21. The van der Waals surface area contributed by atoms with Crippen molar-refractivity contribution >= 4 is 42.4 Å². The molecule has 17 heavy (non-hydrogen) atoms. The number of nitrogens with one attached hydrogen (secondary N) is 1. The molecule has 0 saturated carbocycles. The molecule has 1 N–H and O–H groups in total. The van der Waals surface area contributed by atoms with Crippen LogP contribution in [0.1, 0.15) is 12.8 Å². The quantitative estimate of drug-likeness (QED) is 0.911. The predicted molar refractivity (Wildman–Crippen MR) is 72.9 cm³/mol. The number of rotatable bonds is 3. The third-order valence-corrected chi connectivity index (χ3v) is 5.44. The number of nitrogens with zero attached hydrogens (tertiary/aromatic N) is 2. The van der Waals surface area contributed by atoms with Gasteiger partial charge in [0.15, 0.2) is 5.13 Å². The third-order valence-electron chi connectivity index (χ3n) is 2.73. The molecule has 5 nitrogen and oxygen atoms in total. The van der Waals surface area contributed by atoms with E-state index in [4.69, 9.17) is 0 Å². The monoisotopic (exact) mass is 339 g/mol. The molecule has 96 valence electrons. The number of thiazole rings is 1. The van der Waals surface area contributed by atoms with Gasteiger partial charge in [-0.15, -0.1) is 0 Å². The highest BCUT2D eigenvalue weighted by molar-refractivity contribution is 9.11. The third kappa shape index (κ3) is 3.64. The fourth-order valence-corrected chi connectivity index (χ4v) is 3.89. The molecule has 0 bridgehead atoms. The van der Waals surface area contributed by atoms with E-state index in [1.807, 2.05) is 0 Å². The molecule has 0 aliphatic carbocycles. The Labute approximate surface area is 113 Å². The molecule has 2 rings (SSSR count). The summed E-state index contributed by atoms with van der Waals surface area (Å²) < 4.78 is 25.2. The first-order valence-corrected chi connectivity index (χ1v) is 8.74. The lowest BCUT2D eigenvalue weighted by molar-refractivity contribution is 0.332. The largest absolute Gasteiger partial charge is 0.359 e. The van der Waals surface area contributed by atoms with Gasteiger partial charge < -0.3 is 5.32 Å². The van der Waals surface area contributed by atoms with Crippen molar-refractivity contribution in [3.8, 4) is 0 Å². The standard InChI is InChI=1S/C9H14BrN3O2S2/c1-17(14,15)13-4-2-7(3-5-13)12-9-11-6-8(10)16-9/h6-7H,2-5H2,1H3,(H,11,12). The number of halogens is 1. The Hall–Kier alpha value is -0.180. The zero-order valence-corrected chi connectivity index (χ0v) is 12.6. The van der Waals surface area contributed by atoms with E-state index in [2.05, 4.69) is 26.2 Å². The first-order chi connectivity index (χ1) is 7.95. The van der Waals surface area contributed by atoms with Crippen LogP contribution in [0.25, 0.3) is 0 Å². The van der Waals surface area contributed by atoms with Gasteiger partial charge in [-0.1, -0.05) is 11.3 Å². The summed E-state index contributed by atoms with van der Waals surface area (Å²) in [6.07, 6.45) is 4.67. The topological polar surface area (TPSA) is 62.3 Å². The first-order valence-electron chi connectivity index (χ1n) is 5.28. The van der Waals surface area contributed by atoms with E-state index < -0.39 is 10.0 Å². The second-order valence-corrected chi connectivity index (χ2v) is 8.44. The van der Waals surface area contributed by atoms with Crippen LogP contribution in [0.5, 0.6) is 0 Å². The normalized spacial score (nSPS) is 19.4. The van der Waals surface area contributed by atoms with Gasteiger partial charge in [-0.25, -0.2) is 17.7 Å². The Morgan fingerprint density at radius 3 is 2.65 bits per heavy atom. The lowest BCUT2D eigenvalue weighted by Crippen LogP contribution is -2.41.